The van der Waals surface area contributed by atoms with E-state index in [0.717, 1.165) is 24.3 Å². The van der Waals surface area contributed by atoms with Gasteiger partial charge in [-0.2, -0.15) is 0 Å². The molecule has 0 aliphatic heterocycles. The Balaban J connectivity index is 1.95. The number of anilines is 1. The first kappa shape index (κ1) is 16.2. The van der Waals surface area contributed by atoms with E-state index in [1.165, 1.54) is 11.3 Å². The van der Waals surface area contributed by atoms with Gasteiger partial charge in [0.05, 0.1) is 6.61 Å². The summed E-state index contributed by atoms with van der Waals surface area (Å²) in [6.45, 7) is 8.27. The maximum absolute atomic E-state index is 12.1. The lowest BCUT2D eigenvalue weighted by Gasteiger charge is -2.29. The van der Waals surface area contributed by atoms with Crippen molar-refractivity contribution in [3.8, 4) is 0 Å². The molecule has 0 radical (unpaired) electrons. The topological polar surface area (TPSA) is 87.1 Å². The van der Waals surface area contributed by atoms with Gasteiger partial charge in [-0.05, 0) is 12.8 Å². The average molecular weight is 312 g/mol. The van der Waals surface area contributed by atoms with Gasteiger partial charge in [0.2, 0.25) is 5.13 Å². The van der Waals surface area contributed by atoms with E-state index in [4.69, 9.17) is 0 Å². The third-order valence-electron chi connectivity index (χ3n) is 4.04. The summed E-state index contributed by atoms with van der Waals surface area (Å²) in [5, 5.41) is 24.7. The van der Waals surface area contributed by atoms with Crippen molar-refractivity contribution >= 4 is 22.5 Å². The lowest BCUT2D eigenvalue weighted by atomic mass is 9.86. The predicted octanol–water partition coefficient (Wildman–Crippen LogP) is 2.51. The quantitative estimate of drug-likeness (QED) is 0.800. The van der Waals surface area contributed by atoms with Gasteiger partial charge in [-0.15, -0.1) is 10.2 Å². The Morgan fingerprint density at radius 1 is 1.48 bits per heavy atom. The molecule has 1 aromatic heterocycles. The summed E-state index contributed by atoms with van der Waals surface area (Å²) in [6.07, 6.45) is 2.85. The van der Waals surface area contributed by atoms with Crippen LogP contribution in [0.4, 0.5) is 9.93 Å². The molecule has 2 unspecified atom stereocenters. The molecule has 0 saturated heterocycles. The summed E-state index contributed by atoms with van der Waals surface area (Å²) in [6, 6.07) is -0.282. The molecule has 1 aliphatic carbocycles. The Bertz CT molecular complexity index is 511. The first-order valence-electron chi connectivity index (χ1n) is 7.27. The van der Waals surface area contributed by atoms with Crippen LogP contribution in [-0.4, -0.2) is 34.0 Å². The van der Waals surface area contributed by atoms with E-state index in [0.29, 0.717) is 5.13 Å². The molecule has 1 saturated carbocycles. The summed E-state index contributed by atoms with van der Waals surface area (Å²) < 4.78 is 0. The first-order valence-corrected chi connectivity index (χ1v) is 8.09. The van der Waals surface area contributed by atoms with Crippen LogP contribution in [0.5, 0.6) is 0 Å². The minimum atomic E-state index is -0.279. The van der Waals surface area contributed by atoms with Crippen molar-refractivity contribution in [2.24, 2.45) is 5.41 Å². The van der Waals surface area contributed by atoms with Crippen LogP contribution in [-0.2, 0) is 5.41 Å². The molecule has 1 aromatic rings. The Kier molecular flexibility index (Phi) is 4.53. The molecule has 0 spiro atoms. The second-order valence-electron chi connectivity index (χ2n) is 7.02. The number of hydrogen-bond donors (Lipinski definition) is 3. The molecule has 118 valence electrons. The number of aliphatic hydroxyl groups excluding tert-OH is 1. The van der Waals surface area contributed by atoms with E-state index in [9.17, 15) is 9.90 Å². The van der Waals surface area contributed by atoms with Crippen LogP contribution in [0.3, 0.4) is 0 Å². The summed E-state index contributed by atoms with van der Waals surface area (Å²) in [4.78, 5) is 12.1. The minimum absolute atomic E-state index is 0.00231. The highest BCUT2D eigenvalue weighted by atomic mass is 32.1. The Morgan fingerprint density at radius 2 is 2.19 bits per heavy atom. The molecule has 2 atom stereocenters. The van der Waals surface area contributed by atoms with Crippen molar-refractivity contribution in [3.63, 3.8) is 0 Å². The van der Waals surface area contributed by atoms with Gasteiger partial charge in [0.15, 0.2) is 0 Å². The third-order valence-corrected chi connectivity index (χ3v) is 5.30. The Labute approximate surface area is 129 Å². The van der Waals surface area contributed by atoms with Gasteiger partial charge >= 0.3 is 6.03 Å². The maximum Gasteiger partial charge on any atom is 0.321 e. The van der Waals surface area contributed by atoms with E-state index in [-0.39, 0.29) is 29.5 Å². The smallest absolute Gasteiger partial charge is 0.321 e. The van der Waals surface area contributed by atoms with Gasteiger partial charge < -0.3 is 10.4 Å². The number of aromatic nitrogens is 2. The van der Waals surface area contributed by atoms with Crippen LogP contribution in [0.25, 0.3) is 0 Å². The van der Waals surface area contributed by atoms with Gasteiger partial charge in [-0.1, -0.05) is 45.5 Å². The molecular formula is C14H24N4O2S. The first-order chi connectivity index (χ1) is 9.74. The van der Waals surface area contributed by atoms with Crippen LogP contribution in [0.1, 0.15) is 52.0 Å². The predicted molar refractivity (Wildman–Crippen MR) is 83.6 cm³/mol. The average Bonchev–Trinajstić information content (AvgIpc) is 2.98. The lowest BCUT2D eigenvalue weighted by molar-refractivity contribution is 0.122. The second kappa shape index (κ2) is 5.88. The van der Waals surface area contributed by atoms with Crippen LogP contribution < -0.4 is 10.6 Å². The molecule has 0 bridgehead atoms. The highest BCUT2D eigenvalue weighted by Crippen LogP contribution is 2.37. The summed E-state index contributed by atoms with van der Waals surface area (Å²) in [5.41, 5.74) is -0.302. The highest BCUT2D eigenvalue weighted by Gasteiger charge is 2.39. The van der Waals surface area contributed by atoms with Crippen LogP contribution >= 0.6 is 11.3 Å². The largest absolute Gasteiger partial charge is 0.396 e. The Morgan fingerprint density at radius 3 is 2.76 bits per heavy atom. The lowest BCUT2D eigenvalue weighted by Crippen LogP contribution is -2.46. The highest BCUT2D eigenvalue weighted by molar-refractivity contribution is 7.15. The Hall–Kier alpha value is -1.21. The zero-order chi connectivity index (χ0) is 15.7. The number of hydrogen-bond acceptors (Lipinski definition) is 5. The fraction of sp³-hybridized carbons (Fsp3) is 0.786. The zero-order valence-electron chi connectivity index (χ0n) is 13.1. The van der Waals surface area contributed by atoms with Crippen molar-refractivity contribution in [1.29, 1.82) is 0 Å². The molecule has 2 rings (SSSR count). The zero-order valence-corrected chi connectivity index (χ0v) is 13.9. The summed E-state index contributed by atoms with van der Waals surface area (Å²) in [7, 11) is 0. The van der Waals surface area contributed by atoms with Crippen LogP contribution in [0, 0.1) is 5.41 Å². The number of urea groups is 1. The molecule has 1 heterocycles. The van der Waals surface area contributed by atoms with Gasteiger partial charge in [0.25, 0.3) is 0 Å². The molecule has 0 aromatic carbocycles. The fourth-order valence-corrected chi connectivity index (χ4v) is 3.33. The van der Waals surface area contributed by atoms with E-state index in [1.807, 2.05) is 6.92 Å². The van der Waals surface area contributed by atoms with Gasteiger partial charge in [0.1, 0.15) is 5.01 Å². The van der Waals surface area contributed by atoms with Crippen molar-refractivity contribution in [3.05, 3.63) is 5.01 Å². The number of aliphatic hydroxyl groups is 1. The number of rotatable bonds is 3. The van der Waals surface area contributed by atoms with Crippen LogP contribution in [0.2, 0.25) is 0 Å². The number of carbonyl (C=O) groups excluding carboxylic acids is 1. The summed E-state index contributed by atoms with van der Waals surface area (Å²) >= 11 is 1.39. The minimum Gasteiger partial charge on any atom is -0.396 e. The number of nitrogens with zero attached hydrogens (tertiary/aromatic N) is 2. The molecule has 2 amide bonds. The normalized spacial score (nSPS) is 25.9. The van der Waals surface area contributed by atoms with Crippen molar-refractivity contribution in [2.45, 2.75) is 58.4 Å². The van der Waals surface area contributed by atoms with Gasteiger partial charge in [0, 0.05) is 16.9 Å². The molecule has 1 aliphatic rings. The summed E-state index contributed by atoms with van der Waals surface area (Å²) in [5.74, 6) is 0. The van der Waals surface area contributed by atoms with Crippen LogP contribution in [0.15, 0.2) is 0 Å². The molecular weight excluding hydrogens is 288 g/mol. The molecule has 21 heavy (non-hydrogen) atoms. The van der Waals surface area contributed by atoms with Gasteiger partial charge in [-0.25, -0.2) is 4.79 Å². The molecule has 6 nitrogen and oxygen atoms in total. The van der Waals surface area contributed by atoms with E-state index >= 15 is 0 Å². The number of nitrogens with one attached hydrogen (secondary N) is 2. The molecule has 3 N–H and O–H groups in total. The van der Waals surface area contributed by atoms with Crippen molar-refractivity contribution in [1.82, 2.24) is 15.5 Å². The standard InChI is InChI=1S/C14H24N4O2S/c1-13(2,3)10-17-18-12(21-10)16-11(20)15-9-6-5-7-14(9,4)8-19/h9,19H,5-8H2,1-4H3,(H2,15,16,18,20). The number of amides is 2. The van der Waals surface area contributed by atoms with Crippen molar-refractivity contribution < 1.29 is 9.90 Å². The third kappa shape index (κ3) is 3.71. The monoisotopic (exact) mass is 312 g/mol. The second-order valence-corrected chi connectivity index (χ2v) is 8.00. The molecule has 7 heteroatoms. The van der Waals surface area contributed by atoms with E-state index < -0.39 is 0 Å². The SMILES string of the molecule is CC(C)(C)c1nnc(NC(=O)NC2CCCC2(C)CO)s1. The maximum atomic E-state index is 12.1. The van der Waals surface area contributed by atoms with E-state index in [1.54, 1.807) is 0 Å². The molecule has 1 fully saturated rings. The van der Waals surface area contributed by atoms with E-state index in [2.05, 4.69) is 41.6 Å². The van der Waals surface area contributed by atoms with Gasteiger partial charge in [-0.3, -0.25) is 5.32 Å². The number of carbonyl (C=O) groups is 1. The fourth-order valence-electron chi connectivity index (χ4n) is 2.54. The van der Waals surface area contributed by atoms with Crippen molar-refractivity contribution in [2.75, 3.05) is 11.9 Å².